The molecule has 0 fully saturated rings. The minimum atomic E-state index is 0.433. The van der Waals surface area contributed by atoms with E-state index in [4.69, 9.17) is 11.6 Å². The highest BCUT2D eigenvalue weighted by Gasteiger charge is 2.04. The number of aryl methyl sites for hydroxylation is 1. The van der Waals surface area contributed by atoms with Gasteiger partial charge in [-0.05, 0) is 49.1 Å². The van der Waals surface area contributed by atoms with Crippen molar-refractivity contribution in [3.8, 4) is 0 Å². The monoisotopic (exact) mass is 290 g/mol. The van der Waals surface area contributed by atoms with Gasteiger partial charge in [0.1, 0.15) is 0 Å². The summed E-state index contributed by atoms with van der Waals surface area (Å²) in [5.41, 5.74) is 2.62. The van der Waals surface area contributed by atoms with Crippen molar-refractivity contribution < 1.29 is 0 Å². The van der Waals surface area contributed by atoms with E-state index in [1.54, 1.807) is 0 Å². The summed E-state index contributed by atoms with van der Waals surface area (Å²) in [4.78, 5) is 0. The van der Waals surface area contributed by atoms with Gasteiger partial charge in [-0.3, -0.25) is 0 Å². The van der Waals surface area contributed by atoms with E-state index in [1.165, 1.54) is 17.5 Å². The third-order valence-electron chi connectivity index (χ3n) is 3.38. The quantitative estimate of drug-likeness (QED) is 0.806. The van der Waals surface area contributed by atoms with Crippen LogP contribution in [0.25, 0.3) is 0 Å². The van der Waals surface area contributed by atoms with Crippen LogP contribution in [0.5, 0.6) is 0 Å². The van der Waals surface area contributed by atoms with Crippen LogP contribution < -0.4 is 5.32 Å². The third kappa shape index (κ3) is 4.69. The van der Waals surface area contributed by atoms with Crippen LogP contribution in [0.3, 0.4) is 0 Å². The van der Waals surface area contributed by atoms with Gasteiger partial charge >= 0.3 is 0 Å². The van der Waals surface area contributed by atoms with Crippen molar-refractivity contribution in [3.63, 3.8) is 0 Å². The number of rotatable bonds is 7. The highest BCUT2D eigenvalue weighted by atomic mass is 35.5. The minimum Gasteiger partial charge on any atom is -0.354 e. The fraction of sp³-hybridized carbons (Fsp3) is 0.412. The molecule has 0 aliphatic rings. The predicted molar refractivity (Wildman–Crippen MR) is 86.2 cm³/mol. The first-order chi connectivity index (χ1) is 9.67. The molecule has 0 saturated heterocycles. The first-order valence-electron chi connectivity index (χ1n) is 7.30. The van der Waals surface area contributed by atoms with Crippen LogP contribution in [0.15, 0.2) is 42.7 Å². The molecule has 2 nitrogen and oxygen atoms in total. The predicted octanol–water partition coefficient (Wildman–Crippen LogP) is 4.27. The maximum absolute atomic E-state index is 6.01. The summed E-state index contributed by atoms with van der Waals surface area (Å²) in [6.07, 6.45) is 6.55. The Balaban J connectivity index is 1.80. The molecule has 1 aromatic carbocycles. The molecule has 0 amide bonds. The summed E-state index contributed by atoms with van der Waals surface area (Å²) in [7, 11) is 0. The van der Waals surface area contributed by atoms with Gasteiger partial charge in [-0.15, -0.1) is 0 Å². The Morgan fingerprint density at radius 3 is 2.85 bits per heavy atom. The molecule has 0 spiro atoms. The molecule has 1 aromatic heterocycles. The van der Waals surface area contributed by atoms with Gasteiger partial charge in [0.2, 0.25) is 0 Å². The first kappa shape index (κ1) is 15.1. The summed E-state index contributed by atoms with van der Waals surface area (Å²) in [6.45, 7) is 6.42. The zero-order valence-corrected chi connectivity index (χ0v) is 13.0. The molecule has 108 valence electrons. The van der Waals surface area contributed by atoms with Gasteiger partial charge in [0.15, 0.2) is 0 Å². The zero-order chi connectivity index (χ0) is 14.4. The van der Waals surface area contributed by atoms with Crippen LogP contribution in [0.2, 0.25) is 5.02 Å². The number of hydrogen-bond acceptors (Lipinski definition) is 1. The second-order valence-corrected chi connectivity index (χ2v) is 5.81. The molecule has 3 heteroatoms. The number of nitrogens with one attached hydrogen (secondary N) is 1. The van der Waals surface area contributed by atoms with Crippen LogP contribution >= 0.6 is 11.6 Å². The average Bonchev–Trinajstić information content (AvgIpc) is 2.85. The molecule has 2 aromatic rings. The lowest BCUT2D eigenvalue weighted by Crippen LogP contribution is -2.27. The zero-order valence-electron chi connectivity index (χ0n) is 12.3. The first-order valence-corrected chi connectivity index (χ1v) is 7.67. The summed E-state index contributed by atoms with van der Waals surface area (Å²) in [5.74, 6) is 0. The number of halogens is 1. The highest BCUT2D eigenvalue weighted by Crippen LogP contribution is 2.12. The topological polar surface area (TPSA) is 17.0 Å². The second kappa shape index (κ2) is 7.51. The van der Waals surface area contributed by atoms with Crippen molar-refractivity contribution in [2.75, 3.05) is 0 Å². The van der Waals surface area contributed by atoms with Gasteiger partial charge in [0.25, 0.3) is 0 Å². The minimum absolute atomic E-state index is 0.433. The third-order valence-corrected chi connectivity index (χ3v) is 3.61. The van der Waals surface area contributed by atoms with Gasteiger partial charge < -0.3 is 9.88 Å². The van der Waals surface area contributed by atoms with E-state index in [-0.39, 0.29) is 0 Å². The van der Waals surface area contributed by atoms with Gasteiger partial charge in [0, 0.05) is 36.5 Å². The van der Waals surface area contributed by atoms with Gasteiger partial charge in [-0.2, -0.15) is 0 Å². The van der Waals surface area contributed by atoms with Crippen molar-refractivity contribution >= 4 is 11.6 Å². The molecule has 0 radical (unpaired) electrons. The molecule has 1 atom stereocenters. The second-order valence-electron chi connectivity index (χ2n) is 5.37. The summed E-state index contributed by atoms with van der Waals surface area (Å²) >= 11 is 6.01. The Hall–Kier alpha value is -1.25. The average molecular weight is 291 g/mol. The number of hydrogen-bond donors (Lipinski definition) is 1. The molecule has 20 heavy (non-hydrogen) atoms. The Kier molecular flexibility index (Phi) is 5.69. The van der Waals surface area contributed by atoms with Crippen LogP contribution in [0, 0.1) is 0 Å². The Labute approximate surface area is 126 Å². The fourth-order valence-electron chi connectivity index (χ4n) is 2.37. The molecule has 2 rings (SSSR count). The molecular weight excluding hydrogens is 268 g/mol. The Bertz CT molecular complexity index is 533. The maximum atomic E-state index is 6.01. The Morgan fingerprint density at radius 1 is 1.25 bits per heavy atom. The molecule has 1 heterocycles. The van der Waals surface area contributed by atoms with E-state index >= 15 is 0 Å². The van der Waals surface area contributed by atoms with Crippen LogP contribution in [-0.4, -0.2) is 10.6 Å². The van der Waals surface area contributed by atoms with E-state index in [2.05, 4.69) is 48.3 Å². The van der Waals surface area contributed by atoms with E-state index in [9.17, 15) is 0 Å². The van der Waals surface area contributed by atoms with Crippen LogP contribution in [0.1, 0.15) is 31.4 Å². The van der Waals surface area contributed by atoms with E-state index in [0.717, 1.165) is 24.5 Å². The lowest BCUT2D eigenvalue weighted by Gasteiger charge is -2.13. The Morgan fingerprint density at radius 2 is 2.10 bits per heavy atom. The van der Waals surface area contributed by atoms with Crippen molar-refractivity contribution in [2.45, 2.75) is 45.8 Å². The SMILES string of the molecule is CCCn1ccc(CNC(C)Cc2cccc(Cl)c2)c1. The standard InChI is InChI=1S/C17H23ClN2/c1-3-8-20-9-7-16(13-20)12-19-14(2)10-15-5-4-6-17(18)11-15/h4-7,9,11,13-14,19H,3,8,10,12H2,1-2H3. The lowest BCUT2D eigenvalue weighted by molar-refractivity contribution is 0.544. The number of benzene rings is 1. The summed E-state index contributed by atoms with van der Waals surface area (Å²) < 4.78 is 2.25. The van der Waals surface area contributed by atoms with Crippen molar-refractivity contribution in [2.24, 2.45) is 0 Å². The lowest BCUT2D eigenvalue weighted by atomic mass is 10.1. The maximum Gasteiger partial charge on any atom is 0.0408 e. The van der Waals surface area contributed by atoms with Gasteiger partial charge in [-0.1, -0.05) is 30.7 Å². The normalized spacial score (nSPS) is 12.6. The molecule has 0 aliphatic carbocycles. The largest absolute Gasteiger partial charge is 0.354 e. The smallest absolute Gasteiger partial charge is 0.0408 e. The van der Waals surface area contributed by atoms with Crippen molar-refractivity contribution in [3.05, 3.63) is 58.9 Å². The van der Waals surface area contributed by atoms with Gasteiger partial charge in [0.05, 0.1) is 0 Å². The van der Waals surface area contributed by atoms with E-state index < -0.39 is 0 Å². The van der Waals surface area contributed by atoms with Crippen molar-refractivity contribution in [1.29, 1.82) is 0 Å². The molecule has 0 aliphatic heterocycles. The molecule has 1 N–H and O–H groups in total. The van der Waals surface area contributed by atoms with Crippen molar-refractivity contribution in [1.82, 2.24) is 9.88 Å². The van der Waals surface area contributed by atoms with Gasteiger partial charge in [-0.25, -0.2) is 0 Å². The highest BCUT2D eigenvalue weighted by molar-refractivity contribution is 6.30. The molecule has 0 saturated carbocycles. The number of aromatic nitrogens is 1. The van der Waals surface area contributed by atoms with E-state index in [1.807, 2.05) is 18.2 Å². The van der Waals surface area contributed by atoms with Crippen LogP contribution in [0.4, 0.5) is 0 Å². The fourth-order valence-corrected chi connectivity index (χ4v) is 2.59. The summed E-state index contributed by atoms with van der Waals surface area (Å²) in [6, 6.07) is 10.7. The molecule has 0 bridgehead atoms. The molecule has 1 unspecified atom stereocenters. The number of nitrogens with zero attached hydrogens (tertiary/aromatic N) is 1. The van der Waals surface area contributed by atoms with Crippen LogP contribution in [-0.2, 0) is 19.5 Å². The van der Waals surface area contributed by atoms with E-state index in [0.29, 0.717) is 6.04 Å². The summed E-state index contributed by atoms with van der Waals surface area (Å²) in [5, 5.41) is 4.38. The molecular formula is C17H23ClN2.